The smallest absolute Gasteiger partial charge is 0.261 e. The van der Waals surface area contributed by atoms with Crippen LogP contribution in [0.15, 0.2) is 59.8 Å². The Morgan fingerprint density at radius 2 is 1.73 bits per heavy atom. The molecule has 0 aliphatic carbocycles. The van der Waals surface area contributed by atoms with Crippen molar-refractivity contribution in [1.29, 1.82) is 0 Å². The molecule has 8 heteroatoms. The summed E-state index contributed by atoms with van der Waals surface area (Å²) in [6.07, 6.45) is 3.98. The number of amides is 2. The van der Waals surface area contributed by atoms with Crippen molar-refractivity contribution in [3.8, 4) is 5.75 Å². The van der Waals surface area contributed by atoms with Gasteiger partial charge in [0.15, 0.2) is 0 Å². The quantitative estimate of drug-likeness (QED) is 0.371. The molecule has 0 saturated heterocycles. The van der Waals surface area contributed by atoms with Gasteiger partial charge in [-0.3, -0.25) is 14.5 Å². The highest BCUT2D eigenvalue weighted by Crippen LogP contribution is 2.22. The molecule has 0 atom stereocenters. The summed E-state index contributed by atoms with van der Waals surface area (Å²) in [7, 11) is 0. The summed E-state index contributed by atoms with van der Waals surface area (Å²) in [5.41, 5.74) is 8.38. The van der Waals surface area contributed by atoms with Crippen molar-refractivity contribution in [3.63, 3.8) is 0 Å². The number of nitrogens with two attached hydrogens (primary N) is 1. The standard InChI is InChI=1S/C22H21N5O3/c1-15-14-27(22(23)25-15)24-13-16-7-9-17(10-8-16)30-12-4-11-26-20(28)18-5-2-3-6-19(18)21(26)29/h2-3,5-10,13-14H,4,11-12H2,1H3,(H2,23,25). The van der Waals surface area contributed by atoms with E-state index in [0.717, 1.165) is 11.3 Å². The van der Waals surface area contributed by atoms with Gasteiger partial charge in [0.1, 0.15) is 5.75 Å². The number of hydrogen-bond acceptors (Lipinski definition) is 6. The van der Waals surface area contributed by atoms with Gasteiger partial charge in [-0.1, -0.05) is 12.1 Å². The van der Waals surface area contributed by atoms with Crippen molar-refractivity contribution in [2.24, 2.45) is 5.10 Å². The summed E-state index contributed by atoms with van der Waals surface area (Å²) in [4.78, 5) is 30.0. The number of imide groups is 1. The van der Waals surface area contributed by atoms with Crippen LogP contribution >= 0.6 is 0 Å². The fourth-order valence-electron chi connectivity index (χ4n) is 3.23. The second kappa shape index (κ2) is 8.20. The second-order valence-electron chi connectivity index (χ2n) is 6.91. The van der Waals surface area contributed by atoms with Gasteiger partial charge in [-0.25, -0.2) is 9.66 Å². The predicted octanol–water partition coefficient (Wildman–Crippen LogP) is 2.72. The number of carbonyl (C=O) groups is 2. The Bertz CT molecular complexity index is 1080. The molecule has 2 heterocycles. The summed E-state index contributed by atoms with van der Waals surface area (Å²) < 4.78 is 7.24. The minimum absolute atomic E-state index is 0.243. The lowest BCUT2D eigenvalue weighted by Gasteiger charge is -2.14. The number of carbonyl (C=O) groups excluding carboxylic acids is 2. The Morgan fingerprint density at radius 3 is 2.33 bits per heavy atom. The van der Waals surface area contributed by atoms with Gasteiger partial charge in [-0.15, -0.1) is 0 Å². The molecule has 2 amide bonds. The lowest BCUT2D eigenvalue weighted by atomic mass is 10.1. The molecule has 0 saturated carbocycles. The summed E-state index contributed by atoms with van der Waals surface area (Å²) in [5, 5.41) is 4.27. The monoisotopic (exact) mass is 403 g/mol. The third-order valence-corrected chi connectivity index (χ3v) is 4.72. The Kier molecular flexibility index (Phi) is 5.30. The molecular weight excluding hydrogens is 382 g/mol. The van der Waals surface area contributed by atoms with Crippen molar-refractivity contribution in [3.05, 3.63) is 77.1 Å². The minimum atomic E-state index is -0.243. The number of nitrogens with zero attached hydrogens (tertiary/aromatic N) is 4. The van der Waals surface area contributed by atoms with Crippen LogP contribution in [0, 0.1) is 6.92 Å². The van der Waals surface area contributed by atoms with E-state index in [-0.39, 0.29) is 11.8 Å². The molecule has 0 radical (unpaired) electrons. The van der Waals surface area contributed by atoms with Gasteiger partial charge in [-0.2, -0.15) is 5.10 Å². The van der Waals surface area contributed by atoms with Gasteiger partial charge in [0.2, 0.25) is 5.95 Å². The molecule has 8 nitrogen and oxygen atoms in total. The zero-order valence-electron chi connectivity index (χ0n) is 16.5. The van der Waals surface area contributed by atoms with E-state index in [1.54, 1.807) is 36.7 Å². The highest BCUT2D eigenvalue weighted by molar-refractivity contribution is 6.21. The molecule has 2 aromatic carbocycles. The zero-order chi connectivity index (χ0) is 21.1. The molecular formula is C22H21N5O3. The molecule has 152 valence electrons. The van der Waals surface area contributed by atoms with Crippen LogP contribution in [0.4, 0.5) is 5.95 Å². The van der Waals surface area contributed by atoms with Crippen molar-refractivity contribution >= 4 is 24.0 Å². The Hall–Kier alpha value is -3.94. The van der Waals surface area contributed by atoms with E-state index in [1.165, 1.54) is 9.58 Å². The van der Waals surface area contributed by atoms with Gasteiger partial charge >= 0.3 is 0 Å². The molecule has 0 unspecified atom stereocenters. The van der Waals surface area contributed by atoms with E-state index in [9.17, 15) is 9.59 Å². The maximum Gasteiger partial charge on any atom is 0.261 e. The summed E-state index contributed by atoms with van der Waals surface area (Å²) in [5.74, 6) is 0.551. The number of aromatic nitrogens is 2. The third-order valence-electron chi connectivity index (χ3n) is 4.72. The fourth-order valence-corrected chi connectivity index (χ4v) is 3.23. The third kappa shape index (κ3) is 3.93. The van der Waals surface area contributed by atoms with Crippen LogP contribution in [-0.2, 0) is 0 Å². The molecule has 1 aliphatic rings. The number of nitrogen functional groups attached to an aromatic ring is 1. The van der Waals surface area contributed by atoms with E-state index in [0.29, 0.717) is 42.4 Å². The fraction of sp³-hybridized carbons (Fsp3) is 0.182. The summed E-state index contributed by atoms with van der Waals surface area (Å²) in [6.45, 7) is 2.57. The number of benzene rings is 2. The van der Waals surface area contributed by atoms with Crippen LogP contribution in [0.3, 0.4) is 0 Å². The average molecular weight is 403 g/mol. The topological polar surface area (TPSA) is 103 Å². The Morgan fingerprint density at radius 1 is 1.07 bits per heavy atom. The Balaban J connectivity index is 1.27. The van der Waals surface area contributed by atoms with Crippen LogP contribution in [0.2, 0.25) is 0 Å². The number of rotatable bonds is 7. The lowest BCUT2D eigenvalue weighted by molar-refractivity contribution is 0.0647. The SMILES string of the molecule is Cc1cn(N=Cc2ccc(OCCCN3C(=O)c4ccccc4C3=O)cc2)c(N)n1. The molecule has 0 spiro atoms. The molecule has 30 heavy (non-hydrogen) atoms. The van der Waals surface area contributed by atoms with Crippen molar-refractivity contribution in [1.82, 2.24) is 14.6 Å². The highest BCUT2D eigenvalue weighted by Gasteiger charge is 2.34. The molecule has 4 rings (SSSR count). The van der Waals surface area contributed by atoms with Crippen LogP contribution in [0.1, 0.15) is 38.4 Å². The molecule has 1 aromatic heterocycles. The van der Waals surface area contributed by atoms with E-state index < -0.39 is 0 Å². The highest BCUT2D eigenvalue weighted by atomic mass is 16.5. The maximum absolute atomic E-state index is 12.3. The first-order chi connectivity index (χ1) is 14.5. The number of fused-ring (bicyclic) bond motifs is 1. The number of imidazole rings is 1. The van der Waals surface area contributed by atoms with Gasteiger partial charge < -0.3 is 10.5 Å². The largest absolute Gasteiger partial charge is 0.494 e. The number of hydrogen-bond donors (Lipinski definition) is 1. The minimum Gasteiger partial charge on any atom is -0.494 e. The van der Waals surface area contributed by atoms with Gasteiger partial charge in [0.25, 0.3) is 11.8 Å². The van der Waals surface area contributed by atoms with Gasteiger partial charge in [0.05, 0.1) is 35.8 Å². The average Bonchev–Trinajstić information content (AvgIpc) is 3.20. The van der Waals surface area contributed by atoms with Gasteiger partial charge in [0, 0.05) is 6.54 Å². The van der Waals surface area contributed by atoms with Crippen LogP contribution in [-0.4, -0.2) is 45.7 Å². The number of anilines is 1. The van der Waals surface area contributed by atoms with Crippen LogP contribution < -0.4 is 10.5 Å². The molecule has 1 aliphatic heterocycles. The van der Waals surface area contributed by atoms with E-state index in [2.05, 4.69) is 10.1 Å². The van der Waals surface area contributed by atoms with Gasteiger partial charge in [-0.05, 0) is 55.3 Å². The first-order valence-electron chi connectivity index (χ1n) is 9.57. The van der Waals surface area contributed by atoms with E-state index in [4.69, 9.17) is 10.5 Å². The molecule has 0 bridgehead atoms. The van der Waals surface area contributed by atoms with Crippen molar-refractivity contribution in [2.45, 2.75) is 13.3 Å². The number of ether oxygens (including phenoxy) is 1. The van der Waals surface area contributed by atoms with Crippen molar-refractivity contribution < 1.29 is 14.3 Å². The maximum atomic E-state index is 12.3. The number of aryl methyl sites for hydroxylation is 1. The van der Waals surface area contributed by atoms with E-state index in [1.807, 2.05) is 31.2 Å². The molecule has 2 N–H and O–H groups in total. The summed E-state index contributed by atoms with van der Waals surface area (Å²) >= 11 is 0. The first kappa shape index (κ1) is 19.4. The normalized spacial score (nSPS) is 13.3. The molecule has 3 aromatic rings. The zero-order valence-corrected chi connectivity index (χ0v) is 16.5. The van der Waals surface area contributed by atoms with Crippen molar-refractivity contribution in [2.75, 3.05) is 18.9 Å². The predicted molar refractivity (Wildman–Crippen MR) is 113 cm³/mol. The second-order valence-corrected chi connectivity index (χ2v) is 6.91. The van der Waals surface area contributed by atoms with Crippen LogP contribution in [0.25, 0.3) is 0 Å². The lowest BCUT2D eigenvalue weighted by Crippen LogP contribution is -2.31. The van der Waals surface area contributed by atoms with Crippen LogP contribution in [0.5, 0.6) is 5.75 Å². The Labute approximate surface area is 173 Å². The van der Waals surface area contributed by atoms with E-state index >= 15 is 0 Å². The molecule has 0 fully saturated rings. The first-order valence-corrected chi connectivity index (χ1v) is 9.57. The summed E-state index contributed by atoms with van der Waals surface area (Å²) in [6, 6.07) is 14.3.